The van der Waals surface area contributed by atoms with Crippen LogP contribution in [-0.2, 0) is 4.79 Å². The summed E-state index contributed by atoms with van der Waals surface area (Å²) in [6, 6.07) is 0.520. The first-order valence-electron chi connectivity index (χ1n) is 5.92. The Balaban J connectivity index is 2.23. The number of rotatable bonds is 5. The average Bonchev–Trinajstić information content (AvgIpc) is 2.80. The zero-order chi connectivity index (χ0) is 12.6. The van der Waals surface area contributed by atoms with Crippen LogP contribution in [0.3, 0.4) is 0 Å². The van der Waals surface area contributed by atoms with Gasteiger partial charge in [0.25, 0.3) is 0 Å². The summed E-state index contributed by atoms with van der Waals surface area (Å²) in [5.74, 6) is 0.398. The number of hydrogen-bond acceptors (Lipinski definition) is 3. The first kappa shape index (κ1) is 12.5. The quantitative estimate of drug-likeness (QED) is 0.821. The average molecular weight is 254 g/mol. The van der Waals surface area contributed by atoms with E-state index in [1.165, 1.54) is 23.9 Å². The normalized spacial score (nSPS) is 23.1. The van der Waals surface area contributed by atoms with Gasteiger partial charge in [-0.25, -0.2) is 4.98 Å². The van der Waals surface area contributed by atoms with E-state index in [2.05, 4.69) is 30.3 Å². The summed E-state index contributed by atoms with van der Waals surface area (Å²) in [4.78, 5) is 15.0. The van der Waals surface area contributed by atoms with Crippen molar-refractivity contribution >= 4 is 17.7 Å². The number of imidazole rings is 1. The fourth-order valence-electron chi connectivity index (χ4n) is 2.01. The maximum atomic E-state index is 10.6. The maximum Gasteiger partial charge on any atom is 0.313 e. The Labute approximate surface area is 105 Å². The zero-order valence-corrected chi connectivity index (χ0v) is 11.2. The molecule has 0 radical (unpaired) electrons. The van der Waals surface area contributed by atoms with E-state index in [4.69, 9.17) is 5.11 Å². The van der Waals surface area contributed by atoms with Crippen molar-refractivity contribution in [1.82, 2.24) is 9.55 Å². The summed E-state index contributed by atoms with van der Waals surface area (Å²) in [7, 11) is 0. The van der Waals surface area contributed by atoms with Gasteiger partial charge in [0, 0.05) is 17.9 Å². The SMILES string of the molecule is CC(C)c1cnc(SCC(=O)O)n1C1CC1C. The lowest BCUT2D eigenvalue weighted by molar-refractivity contribution is -0.133. The number of thioether (sulfide) groups is 1. The molecule has 1 saturated carbocycles. The third-order valence-corrected chi connectivity index (χ3v) is 4.06. The van der Waals surface area contributed by atoms with Gasteiger partial charge in [0.1, 0.15) is 0 Å². The molecule has 1 aromatic rings. The first-order valence-corrected chi connectivity index (χ1v) is 6.91. The van der Waals surface area contributed by atoms with Crippen molar-refractivity contribution < 1.29 is 9.90 Å². The van der Waals surface area contributed by atoms with Crippen molar-refractivity contribution in [2.45, 2.75) is 44.3 Å². The van der Waals surface area contributed by atoms with Gasteiger partial charge in [0.2, 0.25) is 0 Å². The van der Waals surface area contributed by atoms with Gasteiger partial charge in [-0.05, 0) is 18.3 Å². The van der Waals surface area contributed by atoms with Crippen LogP contribution in [0.1, 0.15) is 44.8 Å². The van der Waals surface area contributed by atoms with Gasteiger partial charge in [-0.15, -0.1) is 0 Å². The zero-order valence-electron chi connectivity index (χ0n) is 10.4. The van der Waals surface area contributed by atoms with Gasteiger partial charge >= 0.3 is 5.97 Å². The van der Waals surface area contributed by atoms with Crippen LogP contribution in [0, 0.1) is 5.92 Å². The number of carboxylic acids is 1. The molecule has 1 aliphatic carbocycles. The Bertz CT molecular complexity index is 428. The van der Waals surface area contributed by atoms with Gasteiger partial charge in [-0.2, -0.15) is 0 Å². The highest BCUT2D eigenvalue weighted by Gasteiger charge is 2.37. The number of carboxylic acid groups (broad SMARTS) is 1. The van der Waals surface area contributed by atoms with E-state index in [-0.39, 0.29) is 5.75 Å². The number of aliphatic carboxylic acids is 1. The Morgan fingerprint density at radius 1 is 1.71 bits per heavy atom. The predicted molar refractivity (Wildman–Crippen MR) is 67.5 cm³/mol. The summed E-state index contributed by atoms with van der Waals surface area (Å²) < 4.78 is 2.24. The molecule has 1 N–H and O–H groups in total. The fourth-order valence-corrected chi connectivity index (χ4v) is 2.77. The molecule has 1 aromatic heterocycles. The standard InChI is InChI=1S/C12H18N2O2S/c1-7(2)10-5-13-12(17-6-11(15)16)14(10)9-4-8(9)3/h5,7-9H,4,6H2,1-3H3,(H,15,16). The van der Waals surface area contributed by atoms with Gasteiger partial charge in [-0.1, -0.05) is 32.5 Å². The smallest absolute Gasteiger partial charge is 0.313 e. The number of aromatic nitrogens is 2. The van der Waals surface area contributed by atoms with E-state index in [1.807, 2.05) is 6.20 Å². The van der Waals surface area contributed by atoms with Crippen molar-refractivity contribution in [3.63, 3.8) is 0 Å². The lowest BCUT2D eigenvalue weighted by Crippen LogP contribution is -2.06. The lowest BCUT2D eigenvalue weighted by atomic mass is 10.1. The van der Waals surface area contributed by atoms with Crippen molar-refractivity contribution in [2.24, 2.45) is 5.92 Å². The first-order chi connectivity index (χ1) is 8.00. The maximum absolute atomic E-state index is 10.6. The van der Waals surface area contributed by atoms with Crippen LogP contribution in [0.25, 0.3) is 0 Å². The molecule has 2 atom stereocenters. The van der Waals surface area contributed by atoms with Crippen LogP contribution < -0.4 is 0 Å². The predicted octanol–water partition coefficient (Wildman–Crippen LogP) is 2.76. The molecule has 0 amide bonds. The van der Waals surface area contributed by atoms with E-state index in [0.717, 1.165) is 5.16 Å². The fraction of sp³-hybridized carbons (Fsp3) is 0.667. The lowest BCUT2D eigenvalue weighted by Gasteiger charge is -2.12. The van der Waals surface area contributed by atoms with Gasteiger partial charge in [-0.3, -0.25) is 4.79 Å². The van der Waals surface area contributed by atoms with E-state index >= 15 is 0 Å². The molecule has 0 aromatic carbocycles. The van der Waals surface area contributed by atoms with E-state index in [0.29, 0.717) is 17.9 Å². The number of carbonyl (C=O) groups is 1. The molecule has 4 nitrogen and oxygen atoms in total. The molecule has 94 valence electrons. The van der Waals surface area contributed by atoms with Gasteiger partial charge in [0.05, 0.1) is 5.75 Å². The molecule has 0 saturated heterocycles. The van der Waals surface area contributed by atoms with Crippen LogP contribution in [-0.4, -0.2) is 26.4 Å². The second-order valence-corrected chi connectivity index (χ2v) is 5.90. The second kappa shape index (κ2) is 4.72. The highest BCUT2D eigenvalue weighted by Crippen LogP contribution is 2.46. The third-order valence-electron chi connectivity index (χ3n) is 3.11. The summed E-state index contributed by atoms with van der Waals surface area (Å²) in [5, 5.41) is 9.58. The molecule has 1 heterocycles. The molecule has 1 fully saturated rings. The highest BCUT2D eigenvalue weighted by atomic mass is 32.2. The van der Waals surface area contributed by atoms with Crippen molar-refractivity contribution in [1.29, 1.82) is 0 Å². The summed E-state index contributed by atoms with van der Waals surface area (Å²) >= 11 is 1.32. The van der Waals surface area contributed by atoms with Crippen molar-refractivity contribution in [3.8, 4) is 0 Å². The van der Waals surface area contributed by atoms with Crippen molar-refractivity contribution in [3.05, 3.63) is 11.9 Å². The van der Waals surface area contributed by atoms with E-state index < -0.39 is 5.97 Å². The van der Waals surface area contributed by atoms with Crippen LogP contribution in [0.2, 0.25) is 0 Å². The minimum absolute atomic E-state index is 0.0790. The molecule has 0 bridgehead atoms. The van der Waals surface area contributed by atoms with Crippen LogP contribution in [0.5, 0.6) is 0 Å². The Morgan fingerprint density at radius 2 is 2.35 bits per heavy atom. The number of hydrogen-bond donors (Lipinski definition) is 1. The summed E-state index contributed by atoms with van der Waals surface area (Å²) in [6.07, 6.45) is 3.07. The van der Waals surface area contributed by atoms with E-state index in [1.54, 1.807) is 0 Å². The summed E-state index contributed by atoms with van der Waals surface area (Å²) in [5.41, 5.74) is 1.22. The minimum Gasteiger partial charge on any atom is -0.481 e. The van der Waals surface area contributed by atoms with Crippen LogP contribution in [0.15, 0.2) is 11.4 Å². The highest BCUT2D eigenvalue weighted by molar-refractivity contribution is 7.99. The van der Waals surface area contributed by atoms with Gasteiger partial charge < -0.3 is 9.67 Å². The van der Waals surface area contributed by atoms with E-state index in [9.17, 15) is 4.79 Å². The Morgan fingerprint density at radius 3 is 2.82 bits per heavy atom. The van der Waals surface area contributed by atoms with Crippen molar-refractivity contribution in [2.75, 3.05) is 5.75 Å². The molecule has 0 aliphatic heterocycles. The Kier molecular flexibility index (Phi) is 3.47. The molecule has 17 heavy (non-hydrogen) atoms. The minimum atomic E-state index is -0.792. The topological polar surface area (TPSA) is 55.1 Å². The van der Waals surface area contributed by atoms with Crippen LogP contribution >= 0.6 is 11.8 Å². The monoisotopic (exact) mass is 254 g/mol. The molecule has 2 unspecified atom stereocenters. The number of nitrogens with zero attached hydrogens (tertiary/aromatic N) is 2. The third kappa shape index (κ3) is 2.65. The molecular formula is C12H18N2O2S. The molecule has 1 aliphatic rings. The van der Waals surface area contributed by atoms with Crippen LogP contribution in [0.4, 0.5) is 0 Å². The summed E-state index contributed by atoms with van der Waals surface area (Å²) in [6.45, 7) is 6.51. The molecule has 2 rings (SSSR count). The molecular weight excluding hydrogens is 236 g/mol. The second-order valence-electron chi connectivity index (χ2n) is 4.95. The largest absolute Gasteiger partial charge is 0.481 e. The molecule has 0 spiro atoms. The molecule has 5 heteroatoms. The Hall–Kier alpha value is -0.970. The van der Waals surface area contributed by atoms with Gasteiger partial charge in [0.15, 0.2) is 5.16 Å².